The molecule has 0 aliphatic carbocycles. The van der Waals surface area contributed by atoms with Crippen molar-refractivity contribution in [1.29, 1.82) is 0 Å². The van der Waals surface area contributed by atoms with Crippen molar-refractivity contribution < 1.29 is 22.8 Å². The molecule has 1 aliphatic heterocycles. The highest BCUT2D eigenvalue weighted by molar-refractivity contribution is 7.20. The van der Waals surface area contributed by atoms with Crippen molar-refractivity contribution in [2.45, 2.75) is 51.9 Å². The third-order valence-corrected chi connectivity index (χ3v) is 7.22. The van der Waals surface area contributed by atoms with Gasteiger partial charge in [0.1, 0.15) is 11.4 Å². The van der Waals surface area contributed by atoms with E-state index in [2.05, 4.69) is 10.3 Å². The van der Waals surface area contributed by atoms with Crippen molar-refractivity contribution in [2.24, 2.45) is 0 Å². The maximum absolute atomic E-state index is 13.1. The Balaban J connectivity index is 1.56. The number of piperidine rings is 1. The highest BCUT2D eigenvalue weighted by atomic mass is 32.1. The smallest absolute Gasteiger partial charge is 0.338 e. The summed E-state index contributed by atoms with van der Waals surface area (Å²) >= 11 is 1.02. The Labute approximate surface area is 197 Å². The van der Waals surface area contributed by atoms with Gasteiger partial charge in [-0.15, -0.1) is 11.3 Å². The summed E-state index contributed by atoms with van der Waals surface area (Å²) in [5.74, 6) is -0.701. The lowest BCUT2D eigenvalue weighted by Gasteiger charge is -2.33. The number of thiophene rings is 1. The molecule has 0 spiro atoms. The van der Waals surface area contributed by atoms with Gasteiger partial charge in [-0.05, 0) is 62.9 Å². The topological polar surface area (TPSA) is 84.3 Å². The predicted molar refractivity (Wildman–Crippen MR) is 123 cm³/mol. The van der Waals surface area contributed by atoms with Gasteiger partial charge in [-0.2, -0.15) is 13.2 Å². The molecule has 7 nitrogen and oxygen atoms in total. The molecule has 1 atom stereocenters. The molecule has 1 saturated heterocycles. The minimum absolute atomic E-state index is 0.122. The van der Waals surface area contributed by atoms with Crippen molar-refractivity contribution in [3.63, 3.8) is 0 Å². The monoisotopic (exact) mass is 492 g/mol. The zero-order valence-electron chi connectivity index (χ0n) is 18.6. The molecule has 180 valence electrons. The van der Waals surface area contributed by atoms with Crippen LogP contribution < -0.4 is 10.9 Å². The number of aromatic nitrogens is 2. The number of anilines is 1. The third kappa shape index (κ3) is 4.70. The molecule has 4 rings (SSSR count). The number of halogens is 3. The first-order chi connectivity index (χ1) is 16.1. The first-order valence-corrected chi connectivity index (χ1v) is 11.6. The number of nitrogens with zero attached hydrogens (tertiary/aromatic N) is 3. The van der Waals surface area contributed by atoms with Crippen LogP contribution in [0.3, 0.4) is 0 Å². The average Bonchev–Trinajstić information content (AvgIpc) is 3.13. The van der Waals surface area contributed by atoms with Gasteiger partial charge in [0.05, 0.1) is 22.2 Å². The number of alkyl halides is 3. The highest BCUT2D eigenvalue weighted by Crippen LogP contribution is 2.31. The summed E-state index contributed by atoms with van der Waals surface area (Å²) in [6, 6.07) is 4.22. The van der Waals surface area contributed by atoms with Crippen LogP contribution in [0.5, 0.6) is 0 Å². The van der Waals surface area contributed by atoms with Crippen LogP contribution in [0, 0.1) is 6.92 Å². The van der Waals surface area contributed by atoms with Crippen molar-refractivity contribution in [3.8, 4) is 0 Å². The molecule has 1 fully saturated rings. The largest absolute Gasteiger partial charge is 0.416 e. The second-order valence-electron chi connectivity index (χ2n) is 8.38. The van der Waals surface area contributed by atoms with E-state index in [0.717, 1.165) is 42.7 Å². The fourth-order valence-electron chi connectivity index (χ4n) is 4.12. The number of benzene rings is 1. The van der Waals surface area contributed by atoms with Crippen LogP contribution in [-0.4, -0.2) is 38.9 Å². The molecule has 1 N–H and O–H groups in total. The Bertz CT molecular complexity index is 1300. The Morgan fingerprint density at radius 1 is 1.21 bits per heavy atom. The second-order valence-corrected chi connectivity index (χ2v) is 9.37. The summed E-state index contributed by atoms with van der Waals surface area (Å²) in [6.07, 6.45) is -0.222. The van der Waals surface area contributed by atoms with Crippen LogP contribution in [0.4, 0.5) is 18.9 Å². The fourth-order valence-corrected chi connectivity index (χ4v) is 5.16. The van der Waals surface area contributed by atoms with Crippen molar-refractivity contribution in [2.75, 3.05) is 11.9 Å². The summed E-state index contributed by atoms with van der Waals surface area (Å²) in [6.45, 7) is 4.14. The number of nitrogens with one attached hydrogen (secondary N) is 1. The molecule has 3 aromatic rings. The molecule has 34 heavy (non-hydrogen) atoms. The zero-order chi connectivity index (χ0) is 24.6. The van der Waals surface area contributed by atoms with E-state index < -0.39 is 23.2 Å². The van der Waals surface area contributed by atoms with Gasteiger partial charge in [0.25, 0.3) is 11.5 Å². The molecule has 1 aromatic carbocycles. The Kier molecular flexibility index (Phi) is 6.48. The van der Waals surface area contributed by atoms with Crippen LogP contribution in [0.25, 0.3) is 10.2 Å². The molecule has 0 unspecified atom stereocenters. The molecule has 0 saturated carbocycles. The van der Waals surface area contributed by atoms with Crippen LogP contribution in [0.15, 0.2) is 35.4 Å². The number of carbonyl (C=O) groups is 2. The van der Waals surface area contributed by atoms with E-state index in [-0.39, 0.29) is 34.4 Å². The van der Waals surface area contributed by atoms with Crippen molar-refractivity contribution in [1.82, 2.24) is 14.5 Å². The van der Waals surface area contributed by atoms with Crippen LogP contribution >= 0.6 is 11.3 Å². The molecule has 2 aromatic heterocycles. The number of aryl methyl sites for hydroxylation is 1. The lowest BCUT2D eigenvalue weighted by molar-refractivity contribution is -0.137. The van der Waals surface area contributed by atoms with Gasteiger partial charge < -0.3 is 10.2 Å². The maximum atomic E-state index is 13.1. The summed E-state index contributed by atoms with van der Waals surface area (Å²) in [4.78, 5) is 45.3. The number of hydrogen-bond acceptors (Lipinski definition) is 5. The van der Waals surface area contributed by atoms with Gasteiger partial charge in [0, 0.05) is 18.3 Å². The Hall–Kier alpha value is -3.21. The second kappa shape index (κ2) is 9.21. The van der Waals surface area contributed by atoms with E-state index in [0.29, 0.717) is 16.9 Å². The summed E-state index contributed by atoms with van der Waals surface area (Å²) < 4.78 is 39.5. The molecule has 3 heterocycles. The highest BCUT2D eigenvalue weighted by Gasteiger charge is 2.30. The summed E-state index contributed by atoms with van der Waals surface area (Å²) in [7, 11) is 0. The number of likely N-dealkylation sites (tertiary alicyclic amines) is 1. The third-order valence-electron chi connectivity index (χ3n) is 6.02. The SMILES string of the molecule is Cc1c(C(=O)Nc2ccc(C(F)(F)F)cc2)sc2ncn(CC(=O)N3CCCC[C@H]3C)c(=O)c12. The van der Waals surface area contributed by atoms with Gasteiger partial charge >= 0.3 is 6.18 Å². The quantitative estimate of drug-likeness (QED) is 0.584. The molecule has 0 radical (unpaired) electrons. The minimum Gasteiger partial charge on any atom is -0.338 e. The number of hydrogen-bond donors (Lipinski definition) is 1. The van der Waals surface area contributed by atoms with Crippen molar-refractivity contribution in [3.05, 3.63) is 57.0 Å². The van der Waals surface area contributed by atoms with Crippen LogP contribution in [0.2, 0.25) is 0 Å². The van der Waals surface area contributed by atoms with Crippen molar-refractivity contribution >= 4 is 39.1 Å². The first kappa shape index (κ1) is 23.9. The minimum atomic E-state index is -4.47. The number of amides is 2. The number of carbonyl (C=O) groups excluding carboxylic acids is 2. The number of fused-ring (bicyclic) bond motifs is 1. The molecule has 2 amide bonds. The normalized spacial score (nSPS) is 16.6. The fraction of sp³-hybridized carbons (Fsp3) is 0.391. The molecular weight excluding hydrogens is 469 g/mol. The van der Waals surface area contributed by atoms with Crippen LogP contribution in [-0.2, 0) is 17.5 Å². The molecule has 1 aliphatic rings. The van der Waals surface area contributed by atoms with E-state index in [1.807, 2.05) is 6.92 Å². The number of rotatable bonds is 4. The maximum Gasteiger partial charge on any atom is 0.416 e. The first-order valence-electron chi connectivity index (χ1n) is 10.8. The van der Waals surface area contributed by atoms with Gasteiger partial charge in [0.2, 0.25) is 5.91 Å². The van der Waals surface area contributed by atoms with Gasteiger partial charge in [-0.3, -0.25) is 19.0 Å². The molecule has 0 bridgehead atoms. The lowest BCUT2D eigenvalue weighted by atomic mass is 10.0. The van der Waals surface area contributed by atoms with E-state index in [9.17, 15) is 27.6 Å². The lowest BCUT2D eigenvalue weighted by Crippen LogP contribution is -2.44. The predicted octanol–water partition coefficient (Wildman–Crippen LogP) is 4.44. The Morgan fingerprint density at radius 2 is 1.91 bits per heavy atom. The Morgan fingerprint density at radius 3 is 2.56 bits per heavy atom. The summed E-state index contributed by atoms with van der Waals surface area (Å²) in [5, 5.41) is 2.81. The van der Waals surface area contributed by atoms with E-state index in [1.165, 1.54) is 23.0 Å². The summed E-state index contributed by atoms with van der Waals surface area (Å²) in [5.41, 5.74) is -0.622. The molecular formula is C23H23F3N4O3S. The van der Waals surface area contributed by atoms with E-state index in [4.69, 9.17) is 0 Å². The van der Waals surface area contributed by atoms with Gasteiger partial charge in [-0.25, -0.2) is 4.98 Å². The van der Waals surface area contributed by atoms with Gasteiger partial charge in [0.15, 0.2) is 0 Å². The van der Waals surface area contributed by atoms with Crippen LogP contribution in [0.1, 0.15) is 47.0 Å². The van der Waals surface area contributed by atoms with E-state index in [1.54, 1.807) is 11.8 Å². The zero-order valence-corrected chi connectivity index (χ0v) is 19.4. The standard InChI is InChI=1S/C23H23F3N4O3S/c1-13-5-3-4-10-30(13)17(31)11-29-12-27-21-18(22(29)33)14(2)19(34-21)20(32)28-16-8-6-15(7-9-16)23(24,25)26/h6-9,12-13H,3-5,10-11H2,1-2H3,(H,28,32)/t13-/m1/s1. The average molecular weight is 493 g/mol. The van der Waals surface area contributed by atoms with E-state index >= 15 is 0 Å². The van der Waals surface area contributed by atoms with Gasteiger partial charge in [-0.1, -0.05) is 0 Å². The molecule has 11 heteroatoms.